The van der Waals surface area contributed by atoms with Crippen LogP contribution in [0.3, 0.4) is 0 Å². The second-order valence-corrected chi connectivity index (χ2v) is 22.9. The van der Waals surface area contributed by atoms with Crippen molar-refractivity contribution in [2.24, 2.45) is 0 Å². The van der Waals surface area contributed by atoms with Crippen molar-refractivity contribution in [2.75, 3.05) is 0 Å². The largest absolute Gasteiger partial charge is 0.299 e. The lowest BCUT2D eigenvalue weighted by atomic mass is 10.2. The van der Waals surface area contributed by atoms with Crippen LogP contribution in [-0.2, 0) is 0 Å². The molecule has 1 aliphatic heterocycles. The van der Waals surface area contributed by atoms with Gasteiger partial charge in [-0.3, -0.25) is 24.5 Å². The minimum absolute atomic E-state index is 0.344. The summed E-state index contributed by atoms with van der Waals surface area (Å²) in [4.78, 5) is 75.3. The normalized spacial score (nSPS) is 12.6. The fraction of sp³-hybridized carbons (Fsp3) is 0. The van der Waals surface area contributed by atoms with Crippen LogP contribution in [-0.4, -0.2) is 87.4 Å². The van der Waals surface area contributed by atoms with E-state index in [1.165, 1.54) is 0 Å². The highest BCUT2D eigenvalue weighted by atomic mass is 28.3. The van der Waals surface area contributed by atoms with Crippen LogP contribution in [0.5, 0.6) is 0 Å². The van der Waals surface area contributed by atoms with Crippen LogP contribution < -0.4 is 21.0 Å². The van der Waals surface area contributed by atoms with E-state index in [2.05, 4.69) is 83.4 Å². The van der Waals surface area contributed by atoms with E-state index in [1.807, 2.05) is 115 Å². The van der Waals surface area contributed by atoms with Gasteiger partial charge in [0.05, 0.1) is 80.0 Å². The van der Waals surface area contributed by atoms with Crippen LogP contribution in [0.15, 0.2) is 219 Å². The first-order valence-corrected chi connectivity index (χ1v) is 27.8. The summed E-state index contributed by atoms with van der Waals surface area (Å²) in [6.07, 6.45) is 6.80. The number of benzene rings is 8. The smallest absolute Gasteiger partial charge is 0.226 e. The maximum absolute atomic E-state index is 5.62. The Morgan fingerprint density at radius 1 is 0.275 bits per heavy atom. The number of aromatic nitrogens is 16. The van der Waals surface area contributed by atoms with Gasteiger partial charge in [0.25, 0.3) is 0 Å². The molecule has 372 valence electrons. The third kappa shape index (κ3) is 7.32. The van der Waals surface area contributed by atoms with Gasteiger partial charge in [-0.1, -0.05) is 127 Å². The lowest BCUT2D eigenvalue weighted by Crippen LogP contribution is -2.73. The zero-order valence-corrected chi connectivity index (χ0v) is 42.9. The number of imidazole rings is 1. The molecule has 8 heterocycles. The molecule has 17 heteroatoms. The van der Waals surface area contributed by atoms with Gasteiger partial charge in [-0.25, -0.2) is 54.8 Å². The highest BCUT2D eigenvalue weighted by Gasteiger charge is 2.52. The highest BCUT2D eigenvalue weighted by Crippen LogP contribution is 2.31. The van der Waals surface area contributed by atoms with E-state index in [-0.39, 0.29) is 0 Å². The zero-order chi connectivity index (χ0) is 52.7. The molecule has 0 N–H and O–H groups in total. The van der Waals surface area contributed by atoms with Crippen molar-refractivity contribution in [3.63, 3.8) is 0 Å². The summed E-state index contributed by atoms with van der Waals surface area (Å²) in [6.45, 7) is 0. The molecule has 0 saturated carbocycles. The Balaban J connectivity index is 0.916. The Morgan fingerprint density at radius 2 is 0.625 bits per heavy atom. The molecule has 0 bridgehead atoms. The van der Waals surface area contributed by atoms with Gasteiger partial charge in [-0.2, -0.15) is 0 Å². The first-order chi connectivity index (χ1) is 39.6. The topological polar surface area (TPSA) is 198 Å². The van der Waals surface area contributed by atoms with E-state index in [0.717, 1.165) is 70.9 Å². The van der Waals surface area contributed by atoms with Crippen molar-refractivity contribution in [2.45, 2.75) is 0 Å². The van der Waals surface area contributed by atoms with E-state index < -0.39 is 8.07 Å². The molecular weight excluding hydrogens is 1010 g/mol. The Kier molecular flexibility index (Phi) is 10.1. The molecule has 7 aromatic heterocycles. The van der Waals surface area contributed by atoms with E-state index in [1.54, 1.807) is 24.8 Å². The molecule has 0 atom stereocenters. The number of para-hydroxylation sites is 11. The molecule has 1 aliphatic rings. The average molecular weight is 1050 g/mol. The fourth-order valence-corrected chi connectivity index (χ4v) is 15.8. The molecule has 16 nitrogen and oxygen atoms in total. The molecule has 8 aromatic carbocycles. The molecule has 0 radical (unpaired) electrons. The van der Waals surface area contributed by atoms with E-state index in [4.69, 9.17) is 74.8 Å². The number of fused-ring (bicyclic) bond motifs is 9. The summed E-state index contributed by atoms with van der Waals surface area (Å²) in [5.74, 6) is 2.23. The number of hydrogen-bond donors (Lipinski definition) is 0. The molecule has 80 heavy (non-hydrogen) atoms. The van der Waals surface area contributed by atoms with Gasteiger partial charge in [0.2, 0.25) is 8.07 Å². The predicted octanol–water partition coefficient (Wildman–Crippen LogP) is 8.86. The van der Waals surface area contributed by atoms with Crippen LogP contribution in [0.2, 0.25) is 0 Å². The van der Waals surface area contributed by atoms with Crippen LogP contribution >= 0.6 is 0 Å². The van der Waals surface area contributed by atoms with Crippen molar-refractivity contribution < 1.29 is 0 Å². The van der Waals surface area contributed by atoms with Crippen molar-refractivity contribution >= 4 is 84.2 Å². The van der Waals surface area contributed by atoms with Gasteiger partial charge in [0, 0.05) is 16.8 Å². The standard InChI is InChI=1S/C63H36N16Si/c1-5-23-45-41(19-1)64-33-50(68-45)59-73-57(74-60(77-59)51-34-65-42-20-2-6-24-46(42)69-51)37-15-13-17-39(31-37)80(56-30-12-11-29-55(56)79-54-28-10-9-27-49(54)72-63(79)80)40-18-14-16-38(32-40)58-75-61(52-35-66-43-21-3-7-25-47(43)70-52)78-62(76-58)53-36-67-44-22-4-8-26-48(44)71-53/h1-36H. The monoisotopic (exact) mass is 1040 g/mol. The van der Waals surface area contributed by atoms with Crippen molar-refractivity contribution in [1.29, 1.82) is 0 Å². The van der Waals surface area contributed by atoms with Crippen molar-refractivity contribution in [3.05, 3.63) is 219 Å². The van der Waals surface area contributed by atoms with Crippen LogP contribution in [0.25, 0.3) is 130 Å². The number of hydrogen-bond acceptors (Lipinski definition) is 15. The number of rotatable bonds is 8. The van der Waals surface area contributed by atoms with Crippen molar-refractivity contribution in [3.8, 4) is 74.5 Å². The van der Waals surface area contributed by atoms with E-state index >= 15 is 0 Å². The van der Waals surface area contributed by atoms with Crippen LogP contribution in [0.1, 0.15) is 0 Å². The van der Waals surface area contributed by atoms with Crippen LogP contribution in [0, 0.1) is 0 Å². The van der Waals surface area contributed by atoms with Crippen molar-refractivity contribution in [1.82, 2.24) is 79.3 Å². The third-order valence-corrected chi connectivity index (χ3v) is 19.1. The lowest BCUT2D eigenvalue weighted by Gasteiger charge is -2.29. The quantitative estimate of drug-likeness (QED) is 0.131. The summed E-state index contributed by atoms with van der Waals surface area (Å²) in [7, 11) is -3.45. The Labute approximate surface area is 454 Å². The van der Waals surface area contributed by atoms with Gasteiger partial charge >= 0.3 is 0 Å². The molecular formula is C63H36N16Si. The van der Waals surface area contributed by atoms with Gasteiger partial charge in [-0.05, 0) is 82.3 Å². The fourth-order valence-electron chi connectivity index (χ4n) is 10.9. The zero-order valence-electron chi connectivity index (χ0n) is 41.9. The average Bonchev–Trinajstić information content (AvgIpc) is 4.12. The molecule has 0 saturated heterocycles. The summed E-state index contributed by atoms with van der Waals surface area (Å²) in [5, 5.41) is 3.25. The number of nitrogens with zero attached hydrogens (tertiary/aromatic N) is 16. The summed E-state index contributed by atoms with van der Waals surface area (Å²) >= 11 is 0. The Bertz CT molecular complexity index is 4580. The van der Waals surface area contributed by atoms with Gasteiger partial charge in [0.15, 0.2) is 34.9 Å². The molecule has 0 unspecified atom stereocenters. The second kappa shape index (κ2) is 18.0. The first kappa shape index (κ1) is 45.1. The molecule has 15 aromatic rings. The molecule has 16 rings (SSSR count). The van der Waals surface area contributed by atoms with E-state index in [0.29, 0.717) is 79.8 Å². The third-order valence-electron chi connectivity index (χ3n) is 14.5. The minimum Gasteiger partial charge on any atom is -0.299 e. The van der Waals surface area contributed by atoms with Gasteiger partial charge in [0.1, 0.15) is 28.2 Å². The predicted molar refractivity (Wildman–Crippen MR) is 310 cm³/mol. The molecule has 0 amide bonds. The molecule has 0 spiro atoms. The molecule has 0 aliphatic carbocycles. The summed E-state index contributed by atoms with van der Waals surface area (Å²) < 4.78 is 2.34. The SMILES string of the molecule is c1cc(-c2nc(-c3cnc4ccccc4n3)nc(-c3cnc4ccccc4n3)n2)cc([Si]2(c3cccc(-c4nc(-c5cnc6ccccc6n5)nc(-c5cnc6ccccc6n5)n4)c3)c3ccccc3-n3c2nc2ccccc23)c1. The summed E-state index contributed by atoms with van der Waals surface area (Å²) in [5.41, 5.74) is 13.3. The van der Waals surface area contributed by atoms with Gasteiger partial charge < -0.3 is 0 Å². The van der Waals surface area contributed by atoms with Gasteiger partial charge in [-0.15, -0.1) is 0 Å². The Morgan fingerprint density at radius 3 is 1.05 bits per heavy atom. The maximum Gasteiger partial charge on any atom is 0.226 e. The lowest BCUT2D eigenvalue weighted by molar-refractivity contribution is 1.04. The van der Waals surface area contributed by atoms with Crippen LogP contribution in [0.4, 0.5) is 0 Å². The molecule has 0 fully saturated rings. The summed E-state index contributed by atoms with van der Waals surface area (Å²) in [6, 6.07) is 64.9. The van der Waals surface area contributed by atoms with E-state index in [9.17, 15) is 0 Å². The first-order valence-electron chi connectivity index (χ1n) is 25.8. The second-order valence-electron chi connectivity index (χ2n) is 19.3. The Hall–Kier alpha value is -11.2. The maximum atomic E-state index is 5.62. The minimum atomic E-state index is -3.45. The highest BCUT2D eigenvalue weighted by molar-refractivity contribution is 7.20.